The molecule has 1 aromatic carbocycles. The summed E-state index contributed by atoms with van der Waals surface area (Å²) in [5.41, 5.74) is 2.40. The van der Waals surface area contributed by atoms with E-state index in [0.29, 0.717) is 37.9 Å². The minimum Gasteiger partial charge on any atom is -0.377 e. The third-order valence-electron chi connectivity index (χ3n) is 5.87. The number of carbonyl (C=O) groups excluding carboxylic acids is 2. The van der Waals surface area contributed by atoms with E-state index in [4.69, 9.17) is 19.4 Å². The molecule has 1 saturated heterocycles. The molecule has 2 aliphatic rings. The molecular formula is C23H29N5O4. The molecule has 2 atom stereocenters. The van der Waals surface area contributed by atoms with E-state index < -0.39 is 5.60 Å². The van der Waals surface area contributed by atoms with E-state index in [0.717, 1.165) is 35.5 Å². The smallest absolute Gasteiger partial charge is 0.319 e. The van der Waals surface area contributed by atoms with Crippen molar-refractivity contribution in [3.05, 3.63) is 35.5 Å². The molecule has 0 spiro atoms. The highest BCUT2D eigenvalue weighted by Crippen LogP contribution is 2.42. The highest BCUT2D eigenvalue weighted by molar-refractivity contribution is 5.89. The molecule has 2 aromatic rings. The van der Waals surface area contributed by atoms with Crippen LogP contribution in [0.1, 0.15) is 38.4 Å². The van der Waals surface area contributed by atoms with Gasteiger partial charge in [-0.05, 0) is 45.0 Å². The van der Waals surface area contributed by atoms with Crippen LogP contribution in [0.5, 0.6) is 0 Å². The van der Waals surface area contributed by atoms with Gasteiger partial charge in [-0.3, -0.25) is 0 Å². The molecule has 0 saturated carbocycles. The predicted octanol–water partition coefficient (Wildman–Crippen LogP) is 2.84. The van der Waals surface area contributed by atoms with Crippen LogP contribution in [0.25, 0.3) is 11.4 Å². The maximum Gasteiger partial charge on any atom is 0.319 e. The van der Waals surface area contributed by atoms with Crippen molar-refractivity contribution < 1.29 is 19.1 Å². The van der Waals surface area contributed by atoms with Crippen molar-refractivity contribution >= 4 is 23.8 Å². The van der Waals surface area contributed by atoms with Crippen LogP contribution >= 0.6 is 0 Å². The van der Waals surface area contributed by atoms with Gasteiger partial charge in [-0.15, -0.1) is 0 Å². The second-order valence-corrected chi connectivity index (χ2v) is 8.27. The summed E-state index contributed by atoms with van der Waals surface area (Å²) in [6, 6.07) is 7.31. The topological polar surface area (TPSA) is 106 Å². The third kappa shape index (κ3) is 4.31. The number of carbonyl (C=O) groups is 2. The lowest BCUT2D eigenvalue weighted by atomic mass is 9.96. The quantitative estimate of drug-likeness (QED) is 0.667. The number of morpholine rings is 1. The number of hydrogen-bond donors (Lipinski definition) is 2. The maximum atomic E-state index is 11.8. The molecule has 9 nitrogen and oxygen atoms in total. The van der Waals surface area contributed by atoms with E-state index in [1.54, 1.807) is 0 Å². The van der Waals surface area contributed by atoms with E-state index in [9.17, 15) is 9.59 Å². The number of ether oxygens (including phenoxy) is 2. The van der Waals surface area contributed by atoms with Crippen molar-refractivity contribution in [1.29, 1.82) is 0 Å². The van der Waals surface area contributed by atoms with Gasteiger partial charge in [-0.2, -0.15) is 0 Å². The molecule has 2 N–H and O–H groups in total. The molecule has 2 amide bonds. The second kappa shape index (κ2) is 9.22. The van der Waals surface area contributed by atoms with E-state index in [1.165, 1.54) is 0 Å². The molecule has 4 rings (SSSR count). The van der Waals surface area contributed by atoms with Crippen LogP contribution in [-0.2, 0) is 26.5 Å². The van der Waals surface area contributed by atoms with Gasteiger partial charge in [0.2, 0.25) is 0 Å². The average Bonchev–Trinajstić information content (AvgIpc) is 3.11. The molecule has 170 valence electrons. The fraction of sp³-hybridized carbons (Fsp3) is 0.478. The number of rotatable bonds is 6. The van der Waals surface area contributed by atoms with Gasteiger partial charge in [-0.1, -0.05) is 0 Å². The highest BCUT2D eigenvalue weighted by atomic mass is 16.5. The third-order valence-corrected chi connectivity index (χ3v) is 5.87. The molecule has 1 fully saturated rings. The Morgan fingerprint density at radius 3 is 2.78 bits per heavy atom. The summed E-state index contributed by atoms with van der Waals surface area (Å²) in [6.45, 7) is 8.77. The predicted molar refractivity (Wildman–Crippen MR) is 121 cm³/mol. The molecule has 9 heteroatoms. The molecule has 32 heavy (non-hydrogen) atoms. The zero-order valence-corrected chi connectivity index (χ0v) is 18.7. The molecule has 0 bridgehead atoms. The molecule has 1 aromatic heterocycles. The standard InChI is InChI=1S/C23H29N5O4/c1-4-24-22(30)25-17-7-5-16(6-8-17)20-26-19-18(14-32-23(19,3)9-11-29)21(27-20)28-10-12-31-13-15(28)2/h5-8,11,15H,4,9-10,12-14H2,1-3H3,(H2,24,25,30). The Labute approximate surface area is 187 Å². The summed E-state index contributed by atoms with van der Waals surface area (Å²) in [6.07, 6.45) is 1.10. The van der Waals surface area contributed by atoms with Crippen molar-refractivity contribution in [3.63, 3.8) is 0 Å². The molecule has 0 aliphatic carbocycles. The number of hydrogen-bond acceptors (Lipinski definition) is 7. The summed E-state index contributed by atoms with van der Waals surface area (Å²) in [7, 11) is 0. The van der Waals surface area contributed by atoms with Crippen LogP contribution in [0.4, 0.5) is 16.3 Å². The van der Waals surface area contributed by atoms with Crippen LogP contribution in [0.3, 0.4) is 0 Å². The summed E-state index contributed by atoms with van der Waals surface area (Å²) >= 11 is 0. The molecule has 3 heterocycles. The van der Waals surface area contributed by atoms with Crippen molar-refractivity contribution in [2.45, 2.75) is 45.4 Å². The van der Waals surface area contributed by atoms with E-state index in [1.807, 2.05) is 38.1 Å². The van der Waals surface area contributed by atoms with Crippen LogP contribution in [0.15, 0.2) is 24.3 Å². The van der Waals surface area contributed by atoms with Crippen molar-refractivity contribution in [3.8, 4) is 11.4 Å². The van der Waals surface area contributed by atoms with Gasteiger partial charge >= 0.3 is 6.03 Å². The number of fused-ring (bicyclic) bond motifs is 1. The first-order chi connectivity index (χ1) is 15.4. The van der Waals surface area contributed by atoms with Crippen LogP contribution < -0.4 is 15.5 Å². The normalized spacial score (nSPS) is 22.3. The molecule has 0 radical (unpaired) electrons. The first-order valence-corrected chi connectivity index (χ1v) is 10.9. The van der Waals surface area contributed by atoms with Crippen molar-refractivity contribution in [1.82, 2.24) is 15.3 Å². The Balaban J connectivity index is 1.73. The Morgan fingerprint density at radius 2 is 2.09 bits per heavy atom. The molecule has 2 aliphatic heterocycles. The summed E-state index contributed by atoms with van der Waals surface area (Å²) < 4.78 is 11.7. The fourth-order valence-electron chi connectivity index (χ4n) is 4.10. The largest absolute Gasteiger partial charge is 0.377 e. The minimum atomic E-state index is -0.779. The first-order valence-electron chi connectivity index (χ1n) is 10.9. The van der Waals surface area contributed by atoms with Gasteiger partial charge in [0.05, 0.1) is 31.6 Å². The lowest BCUT2D eigenvalue weighted by molar-refractivity contribution is -0.114. The van der Waals surface area contributed by atoms with Gasteiger partial charge in [-0.25, -0.2) is 14.8 Å². The van der Waals surface area contributed by atoms with Crippen LogP contribution in [0, 0.1) is 0 Å². The average molecular weight is 440 g/mol. The van der Waals surface area contributed by atoms with Crippen molar-refractivity contribution in [2.24, 2.45) is 0 Å². The Hall–Kier alpha value is -3.04. The highest BCUT2D eigenvalue weighted by Gasteiger charge is 2.41. The van der Waals surface area contributed by atoms with Gasteiger partial charge in [0.1, 0.15) is 17.7 Å². The minimum absolute atomic E-state index is 0.164. The summed E-state index contributed by atoms with van der Waals surface area (Å²) in [5.74, 6) is 1.39. The number of aldehydes is 1. The Bertz CT molecular complexity index is 997. The monoisotopic (exact) mass is 439 g/mol. The van der Waals surface area contributed by atoms with Gasteiger partial charge < -0.3 is 29.8 Å². The van der Waals surface area contributed by atoms with Crippen LogP contribution in [0.2, 0.25) is 0 Å². The maximum absolute atomic E-state index is 11.8. The summed E-state index contributed by atoms with van der Waals surface area (Å²) in [5, 5.41) is 5.49. The molecular weight excluding hydrogens is 410 g/mol. The van der Waals surface area contributed by atoms with Crippen molar-refractivity contribution in [2.75, 3.05) is 36.5 Å². The number of anilines is 2. The SMILES string of the molecule is CCNC(=O)Nc1ccc(-c2nc(N3CCOCC3C)c3c(n2)C(C)(CC=O)OC3)cc1. The number of benzene rings is 1. The van der Waals surface area contributed by atoms with Gasteiger partial charge in [0, 0.05) is 36.3 Å². The van der Waals surface area contributed by atoms with Crippen LogP contribution in [-0.4, -0.2) is 54.6 Å². The Kier molecular flexibility index (Phi) is 6.38. The van der Waals surface area contributed by atoms with E-state index in [-0.39, 0.29) is 18.5 Å². The van der Waals surface area contributed by atoms with Gasteiger partial charge in [0.25, 0.3) is 0 Å². The second-order valence-electron chi connectivity index (χ2n) is 8.27. The first kappa shape index (κ1) is 22.2. The number of nitrogens with one attached hydrogen (secondary N) is 2. The molecule has 2 unspecified atom stereocenters. The zero-order chi connectivity index (χ0) is 22.7. The number of nitrogens with zero attached hydrogens (tertiary/aromatic N) is 3. The lowest BCUT2D eigenvalue weighted by Crippen LogP contribution is -2.44. The number of aromatic nitrogens is 2. The fourth-order valence-corrected chi connectivity index (χ4v) is 4.10. The van der Waals surface area contributed by atoms with E-state index >= 15 is 0 Å². The number of amides is 2. The van der Waals surface area contributed by atoms with Gasteiger partial charge in [0.15, 0.2) is 5.82 Å². The summed E-state index contributed by atoms with van der Waals surface area (Å²) in [4.78, 5) is 35.1. The lowest BCUT2D eigenvalue weighted by Gasteiger charge is -2.35. The Morgan fingerprint density at radius 1 is 1.31 bits per heavy atom. The van der Waals surface area contributed by atoms with E-state index in [2.05, 4.69) is 22.5 Å². The number of urea groups is 1. The zero-order valence-electron chi connectivity index (χ0n) is 18.7.